The van der Waals surface area contributed by atoms with Gasteiger partial charge in [-0.2, -0.15) is 0 Å². The number of fused-ring (bicyclic) bond motifs is 2. The average molecular weight is 160 g/mol. The molecule has 2 aliphatic carbocycles. The summed E-state index contributed by atoms with van der Waals surface area (Å²) < 4.78 is 0. The van der Waals surface area contributed by atoms with Gasteiger partial charge < -0.3 is 12.4 Å². The lowest BCUT2D eigenvalue weighted by atomic mass is 9.87. The minimum Gasteiger partial charge on any atom is -1.00 e. The zero-order valence-corrected chi connectivity index (χ0v) is 7.40. The van der Waals surface area contributed by atoms with E-state index >= 15 is 0 Å². The van der Waals surface area contributed by atoms with E-state index in [0.717, 1.165) is 17.8 Å². The Morgan fingerprint density at radius 3 is 2.30 bits per heavy atom. The minimum absolute atomic E-state index is 0. The van der Waals surface area contributed by atoms with Crippen LogP contribution in [-0.2, 0) is 0 Å². The third-order valence-corrected chi connectivity index (χ3v) is 3.41. The maximum absolute atomic E-state index is 2.35. The Labute approximate surface area is 69.8 Å². The summed E-state index contributed by atoms with van der Waals surface area (Å²) in [5, 5.41) is 0. The lowest BCUT2D eigenvalue weighted by molar-refractivity contribution is -0.00000202. The Morgan fingerprint density at radius 1 is 1.20 bits per heavy atom. The standard InChI is InChI=1S/C9H16.ClH/c1-2-8-5-7-3-4-9(8)6-7;/h7-9H,2-6H2,1H3;1H/p-1. The average Bonchev–Trinajstić information content (AvgIpc) is 2.45. The molecule has 0 N–H and O–H groups in total. The van der Waals surface area contributed by atoms with Gasteiger partial charge in [0.05, 0.1) is 0 Å². The summed E-state index contributed by atoms with van der Waals surface area (Å²) in [7, 11) is 0. The van der Waals surface area contributed by atoms with E-state index in [2.05, 4.69) is 6.92 Å². The van der Waals surface area contributed by atoms with Crippen LogP contribution in [0.25, 0.3) is 0 Å². The molecule has 2 aliphatic rings. The smallest absolute Gasteiger partial charge is 0.0383 e. The lowest BCUT2D eigenvalue weighted by Crippen LogP contribution is -3.00. The van der Waals surface area contributed by atoms with Crippen molar-refractivity contribution in [3.05, 3.63) is 0 Å². The second-order valence-electron chi connectivity index (χ2n) is 3.84. The summed E-state index contributed by atoms with van der Waals surface area (Å²) in [6, 6.07) is 0. The fourth-order valence-electron chi connectivity index (χ4n) is 2.88. The molecule has 60 valence electrons. The van der Waals surface area contributed by atoms with E-state index in [0.29, 0.717) is 0 Å². The van der Waals surface area contributed by atoms with Crippen LogP contribution >= 0.6 is 0 Å². The van der Waals surface area contributed by atoms with Crippen LogP contribution < -0.4 is 12.4 Å². The summed E-state index contributed by atoms with van der Waals surface area (Å²) in [5.74, 6) is 3.43. The molecule has 0 saturated heterocycles. The van der Waals surface area contributed by atoms with Gasteiger partial charge in [0.25, 0.3) is 0 Å². The normalized spacial score (nSPS) is 43.5. The Hall–Kier alpha value is 0.290. The van der Waals surface area contributed by atoms with Crippen LogP contribution in [0.5, 0.6) is 0 Å². The maximum atomic E-state index is 2.35. The molecule has 2 saturated carbocycles. The largest absolute Gasteiger partial charge is 1.00 e. The third-order valence-electron chi connectivity index (χ3n) is 3.41. The number of hydrogen-bond donors (Lipinski definition) is 0. The molecular weight excluding hydrogens is 144 g/mol. The van der Waals surface area contributed by atoms with E-state index < -0.39 is 0 Å². The zero-order valence-electron chi connectivity index (χ0n) is 6.65. The molecule has 0 aliphatic heterocycles. The molecule has 0 amide bonds. The van der Waals surface area contributed by atoms with Crippen molar-refractivity contribution in [1.29, 1.82) is 0 Å². The summed E-state index contributed by atoms with van der Waals surface area (Å²) in [4.78, 5) is 0. The van der Waals surface area contributed by atoms with Crippen LogP contribution in [0.2, 0.25) is 0 Å². The van der Waals surface area contributed by atoms with Gasteiger partial charge in [-0.25, -0.2) is 0 Å². The predicted molar refractivity (Wildman–Crippen MR) is 39.2 cm³/mol. The monoisotopic (exact) mass is 159 g/mol. The molecule has 0 aromatic heterocycles. The molecule has 0 nitrogen and oxygen atoms in total. The van der Waals surface area contributed by atoms with Gasteiger partial charge in [0.1, 0.15) is 0 Å². The lowest BCUT2D eigenvalue weighted by Gasteiger charge is -2.18. The Kier molecular flexibility index (Phi) is 2.62. The van der Waals surface area contributed by atoms with Gasteiger partial charge in [0.2, 0.25) is 0 Å². The molecular formula is C9H16Cl-. The Balaban J connectivity index is 0.000000500. The highest BCUT2D eigenvalue weighted by atomic mass is 35.5. The van der Waals surface area contributed by atoms with Crippen LogP contribution in [0, 0.1) is 17.8 Å². The quantitative estimate of drug-likeness (QED) is 0.499. The first-order valence-electron chi connectivity index (χ1n) is 4.40. The predicted octanol–water partition coefficient (Wildman–Crippen LogP) is -0.163. The van der Waals surface area contributed by atoms with Crippen molar-refractivity contribution >= 4 is 0 Å². The van der Waals surface area contributed by atoms with E-state index in [1.807, 2.05) is 0 Å². The molecule has 1 heteroatoms. The van der Waals surface area contributed by atoms with Gasteiger partial charge in [0, 0.05) is 0 Å². The van der Waals surface area contributed by atoms with Gasteiger partial charge in [-0.15, -0.1) is 0 Å². The second kappa shape index (κ2) is 3.13. The number of hydrogen-bond acceptors (Lipinski definition) is 0. The van der Waals surface area contributed by atoms with Crippen molar-refractivity contribution in [3.63, 3.8) is 0 Å². The van der Waals surface area contributed by atoms with Gasteiger partial charge in [0.15, 0.2) is 0 Å². The Bertz CT molecular complexity index is 111. The van der Waals surface area contributed by atoms with Crippen LogP contribution in [-0.4, -0.2) is 0 Å². The first-order chi connectivity index (χ1) is 4.40. The second-order valence-corrected chi connectivity index (χ2v) is 3.84. The fraction of sp³-hybridized carbons (Fsp3) is 1.00. The van der Waals surface area contributed by atoms with Crippen LogP contribution in [0.1, 0.15) is 39.0 Å². The number of rotatable bonds is 1. The molecule has 0 aromatic rings. The van der Waals surface area contributed by atoms with E-state index in [-0.39, 0.29) is 12.4 Å². The molecule has 10 heavy (non-hydrogen) atoms. The van der Waals surface area contributed by atoms with E-state index in [1.54, 1.807) is 25.7 Å². The molecule has 3 unspecified atom stereocenters. The maximum Gasteiger partial charge on any atom is -0.0383 e. The van der Waals surface area contributed by atoms with Gasteiger partial charge in [-0.05, 0) is 37.0 Å². The third kappa shape index (κ3) is 1.18. The summed E-state index contributed by atoms with van der Waals surface area (Å²) in [5.41, 5.74) is 0. The van der Waals surface area contributed by atoms with Crippen molar-refractivity contribution in [1.82, 2.24) is 0 Å². The van der Waals surface area contributed by atoms with Crippen molar-refractivity contribution < 1.29 is 12.4 Å². The first-order valence-corrected chi connectivity index (χ1v) is 4.40. The SMILES string of the molecule is CCC1CC2CCC1C2.[Cl-]. The molecule has 2 rings (SSSR count). The molecule has 2 fully saturated rings. The highest BCUT2D eigenvalue weighted by molar-refractivity contribution is 4.88. The highest BCUT2D eigenvalue weighted by Crippen LogP contribution is 2.49. The van der Waals surface area contributed by atoms with Gasteiger partial charge in [-0.1, -0.05) is 19.8 Å². The fourth-order valence-corrected chi connectivity index (χ4v) is 2.88. The topological polar surface area (TPSA) is 0 Å². The summed E-state index contributed by atoms with van der Waals surface area (Å²) in [6.07, 6.45) is 7.71. The van der Waals surface area contributed by atoms with E-state index in [1.165, 1.54) is 6.42 Å². The molecule has 0 radical (unpaired) electrons. The number of halogens is 1. The van der Waals surface area contributed by atoms with Crippen LogP contribution in [0.15, 0.2) is 0 Å². The van der Waals surface area contributed by atoms with Crippen molar-refractivity contribution in [3.8, 4) is 0 Å². The zero-order chi connectivity index (χ0) is 6.27. The van der Waals surface area contributed by atoms with E-state index in [4.69, 9.17) is 0 Å². The summed E-state index contributed by atoms with van der Waals surface area (Å²) >= 11 is 0. The van der Waals surface area contributed by atoms with Gasteiger partial charge in [-0.3, -0.25) is 0 Å². The Morgan fingerprint density at radius 2 is 2.00 bits per heavy atom. The molecule has 3 atom stereocenters. The molecule has 0 spiro atoms. The molecule has 0 aromatic carbocycles. The van der Waals surface area contributed by atoms with Crippen LogP contribution in [0.4, 0.5) is 0 Å². The van der Waals surface area contributed by atoms with Gasteiger partial charge >= 0.3 is 0 Å². The first kappa shape index (κ1) is 8.39. The summed E-state index contributed by atoms with van der Waals surface area (Å²) in [6.45, 7) is 2.35. The van der Waals surface area contributed by atoms with E-state index in [9.17, 15) is 0 Å². The minimum atomic E-state index is 0. The van der Waals surface area contributed by atoms with Crippen molar-refractivity contribution in [2.24, 2.45) is 17.8 Å². The van der Waals surface area contributed by atoms with Crippen molar-refractivity contribution in [2.45, 2.75) is 39.0 Å². The van der Waals surface area contributed by atoms with Crippen LogP contribution in [0.3, 0.4) is 0 Å². The molecule has 2 bridgehead atoms. The molecule has 0 heterocycles. The van der Waals surface area contributed by atoms with Crippen molar-refractivity contribution in [2.75, 3.05) is 0 Å². The highest BCUT2D eigenvalue weighted by Gasteiger charge is 2.37.